The summed E-state index contributed by atoms with van der Waals surface area (Å²) < 4.78 is 2.58. The van der Waals surface area contributed by atoms with E-state index in [9.17, 15) is 0 Å². The summed E-state index contributed by atoms with van der Waals surface area (Å²) in [4.78, 5) is 2.83. The molecule has 0 saturated carbocycles. The molecule has 0 amide bonds. The fourth-order valence-corrected chi connectivity index (χ4v) is 14.8. The van der Waals surface area contributed by atoms with Gasteiger partial charge in [0.2, 0.25) is 0 Å². The standard InChI is InChI=1S/C64H74BBrS2/c1-5-9-13-17-21-45-25-33-49(34-26-45)63(50-35-27-46(28-36-50)22-18-14-10-6-2)55-42-56-54(41-53(55)61-57(63)43-59(65)67-61)62-58(44-60(66)68-62)64(56,51-37-29-47(30-38-51)23-19-15-11-7-3)52-39-31-48(32-40-52)24-20-16-12-8-4/h25-44H,5-24,65H2,1-4H3. The summed E-state index contributed by atoms with van der Waals surface area (Å²) in [5.41, 5.74) is 18.9. The van der Waals surface area contributed by atoms with Gasteiger partial charge in [-0.2, -0.15) is 11.3 Å². The van der Waals surface area contributed by atoms with Crippen molar-refractivity contribution in [1.29, 1.82) is 0 Å². The van der Waals surface area contributed by atoms with Crippen LogP contribution < -0.4 is 4.78 Å². The second-order valence-corrected chi connectivity index (χ2v) is 24.1. The number of aryl methyl sites for hydroxylation is 4. The molecule has 2 aromatic heterocycles. The minimum absolute atomic E-state index is 0.459. The van der Waals surface area contributed by atoms with Crippen LogP contribution in [0.15, 0.2) is 125 Å². The van der Waals surface area contributed by atoms with Crippen LogP contribution in [0.1, 0.15) is 197 Å². The van der Waals surface area contributed by atoms with E-state index in [1.807, 2.05) is 22.7 Å². The molecule has 0 aliphatic heterocycles. The predicted octanol–water partition coefficient (Wildman–Crippen LogP) is 18.0. The van der Waals surface area contributed by atoms with E-state index in [1.54, 1.807) is 0 Å². The van der Waals surface area contributed by atoms with Crippen molar-refractivity contribution in [2.45, 2.75) is 167 Å². The minimum Gasteiger partial charge on any atom is -0.151 e. The maximum atomic E-state index is 4.06. The Kier molecular flexibility index (Phi) is 16.2. The number of unbranched alkanes of at least 4 members (excludes halogenated alkanes) is 12. The zero-order valence-electron chi connectivity index (χ0n) is 41.9. The molecule has 2 aliphatic carbocycles. The van der Waals surface area contributed by atoms with Crippen LogP contribution in [-0.2, 0) is 36.5 Å². The first kappa shape index (κ1) is 49.0. The maximum absolute atomic E-state index is 4.06. The maximum Gasteiger partial charge on any atom is 0.152 e. The van der Waals surface area contributed by atoms with Gasteiger partial charge < -0.3 is 0 Å². The van der Waals surface area contributed by atoms with Crippen molar-refractivity contribution in [3.05, 3.63) is 192 Å². The van der Waals surface area contributed by atoms with E-state index in [0.717, 1.165) is 25.7 Å². The third-order valence-electron chi connectivity index (χ3n) is 15.6. The van der Waals surface area contributed by atoms with Crippen LogP contribution >= 0.6 is 38.6 Å². The topological polar surface area (TPSA) is 0 Å². The van der Waals surface area contributed by atoms with Crippen molar-refractivity contribution in [3.63, 3.8) is 0 Å². The second kappa shape index (κ2) is 22.4. The Bertz CT molecular complexity index is 2440. The summed E-state index contributed by atoms with van der Waals surface area (Å²) in [6.07, 6.45) is 25.1. The largest absolute Gasteiger partial charge is 0.152 e. The first-order valence-corrected chi connectivity index (χ1v) is 29.3. The lowest BCUT2D eigenvalue weighted by Gasteiger charge is -2.37. The van der Waals surface area contributed by atoms with E-state index in [0.29, 0.717) is 0 Å². The lowest BCUT2D eigenvalue weighted by atomic mass is 9.64. The normalized spacial score (nSPS) is 14.0. The highest BCUT2D eigenvalue weighted by molar-refractivity contribution is 9.11. The molecule has 0 spiro atoms. The predicted molar refractivity (Wildman–Crippen MR) is 304 cm³/mol. The lowest BCUT2D eigenvalue weighted by Crippen LogP contribution is -2.31. The van der Waals surface area contributed by atoms with Crippen molar-refractivity contribution in [2.75, 3.05) is 0 Å². The van der Waals surface area contributed by atoms with Crippen LogP contribution in [0.2, 0.25) is 0 Å². The first-order valence-electron chi connectivity index (χ1n) is 26.8. The molecular weight excluding hydrogens is 924 g/mol. The van der Waals surface area contributed by atoms with Crippen molar-refractivity contribution in [3.8, 4) is 20.9 Å². The van der Waals surface area contributed by atoms with Crippen LogP contribution in [0, 0.1) is 0 Å². The lowest BCUT2D eigenvalue weighted by molar-refractivity contribution is 0.665. The summed E-state index contributed by atoms with van der Waals surface area (Å²) >= 11 is 7.97. The highest BCUT2D eigenvalue weighted by Crippen LogP contribution is 2.64. The van der Waals surface area contributed by atoms with Gasteiger partial charge in [0.1, 0.15) is 0 Å². The minimum atomic E-state index is -0.480. The highest BCUT2D eigenvalue weighted by Gasteiger charge is 2.53. The van der Waals surface area contributed by atoms with Gasteiger partial charge in [-0.1, -0.05) is 214 Å². The molecule has 0 atom stereocenters. The Morgan fingerprint density at radius 3 is 1.03 bits per heavy atom. The molecule has 352 valence electrons. The van der Waals surface area contributed by atoms with E-state index in [-0.39, 0.29) is 0 Å². The summed E-state index contributed by atoms with van der Waals surface area (Å²) in [5.74, 6) is 0. The molecule has 2 heterocycles. The molecule has 5 aromatic carbocycles. The Balaban J connectivity index is 1.26. The highest BCUT2D eigenvalue weighted by atomic mass is 79.9. The molecule has 0 saturated heterocycles. The third kappa shape index (κ3) is 9.50. The quantitative estimate of drug-likeness (QED) is 0.0418. The fourth-order valence-electron chi connectivity index (χ4n) is 12.0. The average Bonchev–Trinajstić information content (AvgIpc) is 4.08. The third-order valence-corrected chi connectivity index (χ3v) is 18.4. The Morgan fingerprint density at radius 2 is 0.691 bits per heavy atom. The number of fused-ring (bicyclic) bond motifs is 6. The molecule has 0 bridgehead atoms. The van der Waals surface area contributed by atoms with Crippen LogP contribution in [-0.4, -0.2) is 7.85 Å². The first-order chi connectivity index (χ1) is 33.4. The molecule has 0 unspecified atom stereocenters. The molecule has 2 aliphatic rings. The molecule has 0 fully saturated rings. The Labute approximate surface area is 428 Å². The summed E-state index contributed by atoms with van der Waals surface area (Å²) in [7, 11) is 2.32. The number of halogens is 1. The summed E-state index contributed by atoms with van der Waals surface area (Å²) in [6, 6.07) is 50.0. The van der Waals surface area contributed by atoms with Crippen molar-refractivity contribution in [2.24, 2.45) is 0 Å². The number of hydrogen-bond acceptors (Lipinski definition) is 2. The van der Waals surface area contributed by atoms with Gasteiger partial charge in [-0.25, -0.2) is 0 Å². The smallest absolute Gasteiger partial charge is 0.151 e. The monoisotopic (exact) mass is 996 g/mol. The summed E-state index contributed by atoms with van der Waals surface area (Å²) in [5, 5.41) is 0. The van der Waals surface area contributed by atoms with Gasteiger partial charge in [0.25, 0.3) is 0 Å². The van der Waals surface area contributed by atoms with Crippen molar-refractivity contribution >= 4 is 51.2 Å². The number of rotatable bonds is 24. The Morgan fingerprint density at radius 1 is 0.368 bits per heavy atom. The number of hydrogen-bond donors (Lipinski definition) is 0. The van der Waals surface area contributed by atoms with Gasteiger partial charge >= 0.3 is 0 Å². The fraction of sp³-hybridized carbons (Fsp3) is 0.406. The van der Waals surface area contributed by atoms with E-state index in [4.69, 9.17) is 0 Å². The van der Waals surface area contributed by atoms with E-state index < -0.39 is 10.8 Å². The molecule has 4 heteroatoms. The van der Waals surface area contributed by atoms with Crippen LogP contribution in [0.25, 0.3) is 20.9 Å². The van der Waals surface area contributed by atoms with Crippen molar-refractivity contribution < 1.29 is 0 Å². The van der Waals surface area contributed by atoms with Crippen LogP contribution in [0.3, 0.4) is 0 Å². The van der Waals surface area contributed by atoms with Gasteiger partial charge in [0.05, 0.1) is 14.6 Å². The summed E-state index contributed by atoms with van der Waals surface area (Å²) in [6.45, 7) is 9.23. The number of thiophene rings is 2. The molecule has 7 aromatic rings. The molecular formula is C64H74BBrS2. The molecule has 0 N–H and O–H groups in total. The van der Waals surface area contributed by atoms with Gasteiger partial charge in [-0.3, -0.25) is 0 Å². The van der Waals surface area contributed by atoms with Crippen molar-refractivity contribution in [1.82, 2.24) is 0 Å². The Hall–Kier alpha value is -3.96. The SMILES string of the molecule is Bc1cc2c(s1)-c1cc3c(cc1C2(c1ccc(CCCCCC)cc1)c1ccc(CCCCCC)cc1)C(c1ccc(CCCCCC)cc1)(c1ccc(CCCCCC)cc1)c1cc(Br)sc1-3. The number of benzene rings is 5. The molecule has 0 radical (unpaired) electrons. The zero-order chi connectivity index (χ0) is 47.1. The van der Waals surface area contributed by atoms with Gasteiger partial charge in [-0.15, -0.1) is 11.3 Å². The average molecular weight is 998 g/mol. The second-order valence-electron chi connectivity index (χ2n) is 20.4. The molecule has 0 nitrogen and oxygen atoms in total. The molecule has 68 heavy (non-hydrogen) atoms. The van der Waals surface area contributed by atoms with Gasteiger partial charge in [-0.05, 0) is 162 Å². The molecule has 9 rings (SSSR count). The van der Waals surface area contributed by atoms with Crippen LogP contribution in [0.5, 0.6) is 0 Å². The van der Waals surface area contributed by atoms with Gasteiger partial charge in [0.15, 0.2) is 7.85 Å². The van der Waals surface area contributed by atoms with E-state index in [1.165, 1.54) is 199 Å². The van der Waals surface area contributed by atoms with Gasteiger partial charge in [0, 0.05) is 9.75 Å². The zero-order valence-corrected chi connectivity index (χ0v) is 45.1. The van der Waals surface area contributed by atoms with Crippen LogP contribution in [0.4, 0.5) is 0 Å². The van der Waals surface area contributed by atoms with E-state index >= 15 is 0 Å². The van der Waals surface area contributed by atoms with E-state index in [2.05, 4.69) is 173 Å².